The van der Waals surface area contributed by atoms with Crippen LogP contribution in [-0.2, 0) is 52.5 Å². The van der Waals surface area contributed by atoms with Crippen LogP contribution in [0.3, 0.4) is 0 Å². The molecule has 6 amide bonds. The zero-order valence-electron chi connectivity index (χ0n) is 38.7. The first-order valence-corrected chi connectivity index (χ1v) is 23.6. The average Bonchev–Trinajstić information content (AvgIpc) is 3.93. The van der Waals surface area contributed by atoms with E-state index in [1.807, 2.05) is 26.8 Å². The minimum atomic E-state index is -4.47. The van der Waals surface area contributed by atoms with Crippen molar-refractivity contribution >= 4 is 43.0 Å². The fraction of sp³-hybridized carbons (Fsp3) is 0.591. The summed E-state index contributed by atoms with van der Waals surface area (Å²) >= 11 is 0. The van der Waals surface area contributed by atoms with Crippen molar-refractivity contribution in [3.05, 3.63) is 72.3 Å². The number of aromatic nitrogens is 4. The Labute approximate surface area is 376 Å². The first kappa shape index (κ1) is 52.8. The van der Waals surface area contributed by atoms with Crippen LogP contribution in [0.2, 0.25) is 0 Å². The quantitative estimate of drug-likeness (QED) is 0.0603. The summed E-state index contributed by atoms with van der Waals surface area (Å²) in [5, 5.41) is 10.9. The van der Waals surface area contributed by atoms with E-state index in [2.05, 4.69) is 41.2 Å². The number of nitrogens with two attached hydrogens (primary N) is 1. The second kappa shape index (κ2) is 23.9. The van der Waals surface area contributed by atoms with Crippen LogP contribution in [0.1, 0.15) is 92.1 Å². The summed E-state index contributed by atoms with van der Waals surface area (Å²) in [6, 6.07) is 4.34. The fourth-order valence-electron chi connectivity index (χ4n) is 7.01. The molecular formula is C44H69N10O9P. The number of hydrogen-bond donors (Lipinski definition) is 8. The number of likely N-dealkylation sites (N-methyl/N-ethyl adjacent to an activating group) is 1. The van der Waals surface area contributed by atoms with Gasteiger partial charge in [0.1, 0.15) is 35.6 Å². The van der Waals surface area contributed by atoms with Crippen LogP contribution in [0.4, 0.5) is 4.79 Å². The highest BCUT2D eigenvalue weighted by atomic mass is 31.2. The van der Waals surface area contributed by atoms with E-state index < -0.39 is 102 Å². The van der Waals surface area contributed by atoms with E-state index >= 15 is 0 Å². The van der Waals surface area contributed by atoms with Gasteiger partial charge in [0.05, 0.1) is 12.7 Å². The molecule has 3 unspecified atom stereocenters. The zero-order chi connectivity index (χ0) is 47.9. The fourth-order valence-corrected chi connectivity index (χ4v) is 9.49. The third-order valence-electron chi connectivity index (χ3n) is 10.9. The van der Waals surface area contributed by atoms with Crippen molar-refractivity contribution in [2.75, 3.05) is 13.2 Å². The highest BCUT2D eigenvalue weighted by Crippen LogP contribution is 2.50. The number of alkyl carbamates (subject to hydrolysis) is 1. The van der Waals surface area contributed by atoms with Crippen molar-refractivity contribution in [2.24, 2.45) is 29.4 Å². The van der Waals surface area contributed by atoms with Crippen LogP contribution in [0, 0.1) is 23.7 Å². The van der Waals surface area contributed by atoms with Gasteiger partial charge in [-0.3, -0.25) is 28.5 Å². The largest absolute Gasteiger partial charge is 0.444 e. The van der Waals surface area contributed by atoms with Gasteiger partial charge in [0, 0.05) is 62.2 Å². The molecule has 9 N–H and O–H groups in total. The van der Waals surface area contributed by atoms with Gasteiger partial charge in [-0.2, -0.15) is 0 Å². The molecule has 0 aliphatic rings. The Hall–Kier alpha value is -5.55. The summed E-state index contributed by atoms with van der Waals surface area (Å²) in [6.07, 6.45) is 5.00. The SMILES string of the molecule is CC[C@H](C)[C@H](NC(=O)C(CP(=O)(O)C(CC(C)C)NC(=O)[C@H](Cc1cnc[nH]1)N(C)C(=O)[C@H](Cc1ccccc1)NC(=O)OC(C)(C)C)C(C)C)C(=O)N[C@@H](Cc1cnc[nH]1)C(N)=O. The second-order valence-electron chi connectivity index (χ2n) is 18.2. The van der Waals surface area contributed by atoms with E-state index in [1.165, 1.54) is 37.0 Å². The summed E-state index contributed by atoms with van der Waals surface area (Å²) in [5.41, 5.74) is 6.54. The first-order chi connectivity index (χ1) is 29.9. The lowest BCUT2D eigenvalue weighted by molar-refractivity contribution is -0.140. The van der Waals surface area contributed by atoms with Crippen LogP contribution in [-0.4, -0.2) is 114 Å². The molecule has 19 nitrogen and oxygen atoms in total. The van der Waals surface area contributed by atoms with Gasteiger partial charge >= 0.3 is 6.09 Å². The third-order valence-corrected chi connectivity index (χ3v) is 13.1. The van der Waals surface area contributed by atoms with E-state index in [4.69, 9.17) is 10.5 Å². The standard InChI is InChI=1S/C44H69N10O9P/c1-11-28(6)37(41(58)50-33(38(45)55)19-30-21-46-24-48-30)53-39(56)32(27(4)5)23-64(61,62)36(17-26(2)3)52-40(57)35(20-31-22-47-25-49-31)54(10)42(59)34(18-29-15-13-12-14-16-29)51-43(60)63-44(7,8)9/h12-16,21-22,24-28,32-37H,11,17-20,23H2,1-10H3,(H2,45,55)(H,46,48)(H,47,49)(H,50,58)(H,51,60)(H,52,57)(H,53,56)(H,61,62)/t28-,32?,33-,34-,35-,36?,37-/m0/s1. The normalized spacial score (nSPS) is 16.0. The van der Waals surface area contributed by atoms with Gasteiger partial charge in [-0.25, -0.2) is 14.8 Å². The van der Waals surface area contributed by atoms with E-state index in [-0.39, 0.29) is 31.6 Å². The number of primary amides is 1. The van der Waals surface area contributed by atoms with Crippen molar-refractivity contribution in [1.29, 1.82) is 0 Å². The predicted octanol–water partition coefficient (Wildman–Crippen LogP) is 3.41. The number of aromatic amines is 2. The third kappa shape index (κ3) is 16.5. The van der Waals surface area contributed by atoms with Gasteiger partial charge in [-0.05, 0) is 50.5 Å². The lowest BCUT2D eigenvalue weighted by atomic mass is 9.93. The number of nitrogens with zero attached hydrogens (tertiary/aromatic N) is 3. The molecule has 3 rings (SSSR count). The number of H-pyrrole nitrogens is 2. The van der Waals surface area contributed by atoms with E-state index in [9.17, 15) is 38.2 Å². The zero-order valence-corrected chi connectivity index (χ0v) is 39.6. The highest BCUT2D eigenvalue weighted by molar-refractivity contribution is 7.58. The van der Waals surface area contributed by atoms with Gasteiger partial charge < -0.3 is 51.5 Å². The van der Waals surface area contributed by atoms with Crippen molar-refractivity contribution in [3.63, 3.8) is 0 Å². The molecule has 0 spiro atoms. The van der Waals surface area contributed by atoms with Crippen molar-refractivity contribution in [3.8, 4) is 0 Å². The molecule has 20 heteroatoms. The molecule has 0 saturated heterocycles. The first-order valence-electron chi connectivity index (χ1n) is 21.7. The molecule has 2 aromatic heterocycles. The molecule has 3 aromatic rings. The van der Waals surface area contributed by atoms with Gasteiger partial charge in [0.25, 0.3) is 0 Å². The lowest BCUT2D eigenvalue weighted by Crippen LogP contribution is -2.57. The molecule has 0 saturated carbocycles. The molecule has 8 atom stereocenters. The summed E-state index contributed by atoms with van der Waals surface area (Å²) < 4.78 is 20.1. The number of carbonyl (C=O) groups is 6. The Kier molecular flexibility index (Phi) is 19.7. The van der Waals surface area contributed by atoms with E-state index in [0.717, 1.165) is 5.56 Å². The monoisotopic (exact) mass is 912 g/mol. The van der Waals surface area contributed by atoms with Gasteiger partial charge in [-0.15, -0.1) is 0 Å². The van der Waals surface area contributed by atoms with Crippen LogP contribution >= 0.6 is 7.37 Å². The van der Waals surface area contributed by atoms with E-state index in [0.29, 0.717) is 17.8 Å². The van der Waals surface area contributed by atoms with Crippen molar-refractivity contribution in [1.82, 2.24) is 46.1 Å². The predicted molar refractivity (Wildman–Crippen MR) is 241 cm³/mol. The maximum absolute atomic E-state index is 14.6. The summed E-state index contributed by atoms with van der Waals surface area (Å²) in [7, 11) is -3.05. The van der Waals surface area contributed by atoms with Crippen LogP contribution in [0.25, 0.3) is 0 Å². The molecular weight excluding hydrogens is 844 g/mol. The molecule has 0 radical (unpaired) electrons. The Morgan fingerprint density at radius 1 is 0.828 bits per heavy atom. The van der Waals surface area contributed by atoms with Crippen LogP contribution in [0.15, 0.2) is 55.4 Å². The molecule has 0 aliphatic heterocycles. The Bertz CT molecular complexity index is 2020. The maximum Gasteiger partial charge on any atom is 0.408 e. The van der Waals surface area contributed by atoms with E-state index in [1.54, 1.807) is 65.8 Å². The number of ether oxygens (including phenoxy) is 1. The Morgan fingerprint density at radius 3 is 1.92 bits per heavy atom. The van der Waals surface area contributed by atoms with Gasteiger partial charge in [0.15, 0.2) is 0 Å². The summed E-state index contributed by atoms with van der Waals surface area (Å²) in [5.74, 6) is -7.03. The summed E-state index contributed by atoms with van der Waals surface area (Å²) in [4.78, 5) is 109. The van der Waals surface area contributed by atoms with Crippen molar-refractivity contribution < 1.29 is 43.0 Å². The molecule has 64 heavy (non-hydrogen) atoms. The average molecular weight is 913 g/mol. The molecule has 0 bridgehead atoms. The number of nitrogens with one attached hydrogen (secondary N) is 6. The minimum Gasteiger partial charge on any atom is -0.444 e. The minimum absolute atomic E-state index is 0.0391. The molecule has 0 aliphatic carbocycles. The number of hydrogen-bond acceptors (Lipinski definition) is 10. The van der Waals surface area contributed by atoms with Crippen LogP contribution < -0.4 is 27.0 Å². The number of amides is 6. The lowest BCUT2D eigenvalue weighted by Gasteiger charge is -2.34. The van der Waals surface area contributed by atoms with Crippen LogP contribution in [0.5, 0.6) is 0 Å². The summed E-state index contributed by atoms with van der Waals surface area (Å²) in [6.45, 7) is 15.7. The second-order valence-corrected chi connectivity index (χ2v) is 20.7. The number of carbonyl (C=O) groups excluding carboxylic acids is 6. The topological polar surface area (TPSA) is 284 Å². The number of benzene rings is 1. The van der Waals surface area contributed by atoms with Gasteiger partial charge in [0.2, 0.25) is 36.9 Å². The maximum atomic E-state index is 14.6. The molecule has 2 heterocycles. The molecule has 0 fully saturated rings. The number of imidazole rings is 2. The smallest absolute Gasteiger partial charge is 0.408 e. The Balaban J connectivity index is 1.92. The highest BCUT2D eigenvalue weighted by Gasteiger charge is 2.42. The molecule has 354 valence electrons. The molecule has 1 aromatic carbocycles. The van der Waals surface area contributed by atoms with Gasteiger partial charge in [-0.1, -0.05) is 78.3 Å². The Morgan fingerprint density at radius 2 is 1.42 bits per heavy atom. The van der Waals surface area contributed by atoms with Crippen molar-refractivity contribution in [2.45, 2.75) is 130 Å². The number of rotatable bonds is 24.